The zero-order valence-corrected chi connectivity index (χ0v) is 14.1. The number of nitrogens with one attached hydrogen (secondary N) is 1. The molecular weight excluding hydrogens is 308 g/mol. The second kappa shape index (κ2) is 6.73. The lowest BCUT2D eigenvalue weighted by Crippen LogP contribution is -2.41. The Labute approximate surface area is 142 Å². The number of hydrogen-bond acceptors (Lipinski definition) is 3. The van der Waals surface area contributed by atoms with Gasteiger partial charge in [-0.15, -0.1) is 0 Å². The van der Waals surface area contributed by atoms with E-state index in [9.17, 15) is 5.21 Å². The Balaban J connectivity index is 1.92. The lowest BCUT2D eigenvalue weighted by Gasteiger charge is -2.37. The van der Waals surface area contributed by atoms with Crippen molar-refractivity contribution in [2.45, 2.75) is 32.4 Å². The molecule has 1 saturated heterocycles. The van der Waals surface area contributed by atoms with E-state index in [0.717, 1.165) is 16.3 Å². The lowest BCUT2D eigenvalue weighted by atomic mass is 9.81. The Morgan fingerprint density at radius 1 is 1.04 bits per heavy atom. The SMILES string of the molecule is Cc1ccc(C2NC(c3ccc(Cl)cc3)C/C(=N\O)C2C)cc1. The van der Waals surface area contributed by atoms with E-state index in [1.807, 2.05) is 24.3 Å². The van der Waals surface area contributed by atoms with Crippen molar-refractivity contribution in [3.8, 4) is 0 Å². The van der Waals surface area contributed by atoms with E-state index in [0.29, 0.717) is 6.42 Å². The van der Waals surface area contributed by atoms with Crippen LogP contribution in [0.4, 0.5) is 0 Å². The third-order valence-corrected chi connectivity index (χ3v) is 4.91. The van der Waals surface area contributed by atoms with Crippen LogP contribution >= 0.6 is 11.6 Å². The molecule has 2 N–H and O–H groups in total. The van der Waals surface area contributed by atoms with Crippen LogP contribution in [0.5, 0.6) is 0 Å². The van der Waals surface area contributed by atoms with Crippen LogP contribution in [0.15, 0.2) is 53.7 Å². The second-order valence-electron chi connectivity index (χ2n) is 6.24. The fraction of sp³-hybridized carbons (Fsp3) is 0.316. The Hall–Kier alpha value is -1.84. The molecule has 0 aromatic heterocycles. The van der Waals surface area contributed by atoms with Crippen LogP contribution in [0.2, 0.25) is 5.02 Å². The van der Waals surface area contributed by atoms with E-state index in [-0.39, 0.29) is 18.0 Å². The molecule has 3 unspecified atom stereocenters. The van der Waals surface area contributed by atoms with E-state index in [4.69, 9.17) is 11.6 Å². The largest absolute Gasteiger partial charge is 0.411 e. The highest BCUT2D eigenvalue weighted by Crippen LogP contribution is 2.35. The molecule has 0 amide bonds. The van der Waals surface area contributed by atoms with Crippen molar-refractivity contribution in [1.29, 1.82) is 0 Å². The van der Waals surface area contributed by atoms with E-state index in [1.165, 1.54) is 11.1 Å². The van der Waals surface area contributed by atoms with Gasteiger partial charge < -0.3 is 10.5 Å². The molecule has 1 heterocycles. The summed E-state index contributed by atoms with van der Waals surface area (Å²) >= 11 is 5.98. The molecule has 1 aliphatic heterocycles. The van der Waals surface area contributed by atoms with Crippen LogP contribution in [0.25, 0.3) is 0 Å². The van der Waals surface area contributed by atoms with Crippen LogP contribution in [-0.2, 0) is 0 Å². The fourth-order valence-corrected chi connectivity index (χ4v) is 3.33. The summed E-state index contributed by atoms with van der Waals surface area (Å²) in [6.07, 6.45) is 0.696. The first-order chi connectivity index (χ1) is 11.1. The standard InChI is InChI=1S/C19H21ClN2O/c1-12-3-5-15(6-4-12)19-13(2)17(22-23)11-18(21-19)14-7-9-16(20)10-8-14/h3-10,13,18-19,21,23H,11H2,1-2H3/b22-17+. The molecule has 0 radical (unpaired) electrons. The monoisotopic (exact) mass is 328 g/mol. The van der Waals surface area contributed by atoms with E-state index in [1.54, 1.807) is 0 Å². The molecule has 0 aliphatic carbocycles. The second-order valence-corrected chi connectivity index (χ2v) is 6.68. The number of rotatable bonds is 2. The zero-order chi connectivity index (χ0) is 16.4. The van der Waals surface area contributed by atoms with Crippen molar-refractivity contribution in [1.82, 2.24) is 5.32 Å². The molecule has 0 saturated carbocycles. The Morgan fingerprint density at radius 3 is 2.26 bits per heavy atom. The molecule has 2 aromatic rings. The average molecular weight is 329 g/mol. The van der Waals surface area contributed by atoms with Gasteiger partial charge in [-0.3, -0.25) is 0 Å². The molecule has 4 heteroatoms. The smallest absolute Gasteiger partial charge is 0.0636 e. The zero-order valence-electron chi connectivity index (χ0n) is 13.3. The van der Waals surface area contributed by atoms with Crippen molar-refractivity contribution >= 4 is 17.3 Å². The number of halogens is 1. The summed E-state index contributed by atoms with van der Waals surface area (Å²) in [5, 5.41) is 17.4. The van der Waals surface area contributed by atoms with Crippen LogP contribution in [-0.4, -0.2) is 10.9 Å². The highest BCUT2D eigenvalue weighted by Gasteiger charge is 2.33. The van der Waals surface area contributed by atoms with Crippen LogP contribution in [0.3, 0.4) is 0 Å². The van der Waals surface area contributed by atoms with Crippen molar-refractivity contribution in [3.63, 3.8) is 0 Å². The minimum Gasteiger partial charge on any atom is -0.411 e. The van der Waals surface area contributed by atoms with Gasteiger partial charge in [-0.05, 0) is 30.2 Å². The fourth-order valence-electron chi connectivity index (χ4n) is 3.21. The molecule has 0 spiro atoms. The van der Waals surface area contributed by atoms with Gasteiger partial charge in [0.2, 0.25) is 0 Å². The molecule has 3 nitrogen and oxygen atoms in total. The minimum absolute atomic E-state index is 0.112. The van der Waals surface area contributed by atoms with E-state index >= 15 is 0 Å². The van der Waals surface area contributed by atoms with Crippen molar-refractivity contribution in [3.05, 3.63) is 70.2 Å². The maximum atomic E-state index is 9.42. The highest BCUT2D eigenvalue weighted by molar-refractivity contribution is 6.30. The molecule has 2 aromatic carbocycles. The first kappa shape index (κ1) is 16.0. The molecular formula is C19H21ClN2O. The predicted molar refractivity (Wildman–Crippen MR) is 94.3 cm³/mol. The predicted octanol–water partition coefficient (Wildman–Crippen LogP) is 4.89. The van der Waals surface area contributed by atoms with Gasteiger partial charge in [0.25, 0.3) is 0 Å². The van der Waals surface area contributed by atoms with E-state index < -0.39 is 0 Å². The van der Waals surface area contributed by atoms with Crippen LogP contribution < -0.4 is 5.32 Å². The van der Waals surface area contributed by atoms with Gasteiger partial charge in [-0.1, -0.05) is 65.6 Å². The molecule has 23 heavy (non-hydrogen) atoms. The third-order valence-electron chi connectivity index (χ3n) is 4.66. The lowest BCUT2D eigenvalue weighted by molar-refractivity contribution is 0.294. The quantitative estimate of drug-likeness (QED) is 0.609. The summed E-state index contributed by atoms with van der Waals surface area (Å²) in [6.45, 7) is 4.18. The summed E-state index contributed by atoms with van der Waals surface area (Å²) in [7, 11) is 0. The first-order valence-electron chi connectivity index (χ1n) is 7.87. The minimum atomic E-state index is 0.112. The Bertz CT molecular complexity index is 694. The van der Waals surface area contributed by atoms with Gasteiger partial charge in [-0.2, -0.15) is 0 Å². The number of aryl methyl sites for hydroxylation is 1. The maximum Gasteiger partial charge on any atom is 0.0636 e. The number of piperidine rings is 1. The van der Waals surface area contributed by atoms with E-state index in [2.05, 4.69) is 48.6 Å². The van der Waals surface area contributed by atoms with Gasteiger partial charge in [0, 0.05) is 29.4 Å². The van der Waals surface area contributed by atoms with Crippen LogP contribution in [0.1, 0.15) is 42.1 Å². The normalized spacial score (nSPS) is 26.4. The maximum absolute atomic E-state index is 9.42. The number of benzene rings is 2. The highest BCUT2D eigenvalue weighted by atomic mass is 35.5. The van der Waals surface area contributed by atoms with Gasteiger partial charge in [-0.25, -0.2) is 0 Å². The molecule has 1 aliphatic rings. The van der Waals surface area contributed by atoms with Crippen molar-refractivity contribution < 1.29 is 5.21 Å². The third kappa shape index (κ3) is 3.41. The van der Waals surface area contributed by atoms with Crippen molar-refractivity contribution in [2.75, 3.05) is 0 Å². The topological polar surface area (TPSA) is 44.6 Å². The van der Waals surface area contributed by atoms with Crippen LogP contribution in [0, 0.1) is 12.8 Å². The summed E-state index contributed by atoms with van der Waals surface area (Å²) in [6, 6.07) is 16.6. The summed E-state index contributed by atoms with van der Waals surface area (Å²) < 4.78 is 0. The first-order valence-corrected chi connectivity index (χ1v) is 8.25. The summed E-state index contributed by atoms with van der Waals surface area (Å²) in [4.78, 5) is 0. The number of nitrogens with zero attached hydrogens (tertiary/aromatic N) is 1. The Kier molecular flexibility index (Phi) is 4.69. The summed E-state index contributed by atoms with van der Waals surface area (Å²) in [5.41, 5.74) is 4.43. The number of hydrogen-bond donors (Lipinski definition) is 2. The molecule has 0 bridgehead atoms. The average Bonchev–Trinajstić information content (AvgIpc) is 2.57. The van der Waals surface area contributed by atoms with Gasteiger partial charge in [0.15, 0.2) is 0 Å². The summed E-state index contributed by atoms with van der Waals surface area (Å²) in [5.74, 6) is 0.145. The number of oxime groups is 1. The molecule has 3 atom stereocenters. The molecule has 3 rings (SSSR count). The Morgan fingerprint density at radius 2 is 1.65 bits per heavy atom. The van der Waals surface area contributed by atoms with Gasteiger partial charge in [0.1, 0.15) is 0 Å². The van der Waals surface area contributed by atoms with Gasteiger partial charge >= 0.3 is 0 Å². The molecule has 120 valence electrons. The van der Waals surface area contributed by atoms with Gasteiger partial charge in [0.05, 0.1) is 5.71 Å². The van der Waals surface area contributed by atoms with Crippen molar-refractivity contribution in [2.24, 2.45) is 11.1 Å². The molecule has 1 fully saturated rings.